The van der Waals surface area contributed by atoms with E-state index in [9.17, 15) is 4.79 Å². The second kappa shape index (κ2) is 7.69. The van der Waals surface area contributed by atoms with Crippen LogP contribution < -0.4 is 5.32 Å². The zero-order chi connectivity index (χ0) is 19.5. The predicted molar refractivity (Wildman–Crippen MR) is 112 cm³/mol. The average Bonchev–Trinajstić information content (AvgIpc) is 3.11. The van der Waals surface area contributed by atoms with Gasteiger partial charge in [0.15, 0.2) is 5.58 Å². The maximum absolute atomic E-state index is 12.3. The van der Waals surface area contributed by atoms with E-state index >= 15 is 0 Å². The van der Waals surface area contributed by atoms with Gasteiger partial charge in [0.05, 0.1) is 0 Å². The second-order valence-corrected chi connectivity index (χ2v) is 7.05. The minimum atomic E-state index is -0.0152. The Bertz CT molecular complexity index is 1130. The summed E-state index contributed by atoms with van der Waals surface area (Å²) in [5.41, 5.74) is 6.62. The van der Waals surface area contributed by atoms with Gasteiger partial charge in [0.2, 0.25) is 11.8 Å². The molecule has 0 aliphatic heterocycles. The Morgan fingerprint density at radius 1 is 1.00 bits per heavy atom. The van der Waals surface area contributed by atoms with E-state index in [2.05, 4.69) is 41.5 Å². The van der Waals surface area contributed by atoms with Crippen LogP contribution in [0.2, 0.25) is 0 Å². The third-order valence-electron chi connectivity index (χ3n) is 4.81. The number of nitrogens with zero attached hydrogens (tertiary/aromatic N) is 1. The van der Waals surface area contributed by atoms with Crippen LogP contribution in [0.5, 0.6) is 0 Å². The SMILES string of the molecule is Cc1ccc(CCC(=O)Nc2ccc3nc(-c4ccccc4C)oc3c2)cc1. The van der Waals surface area contributed by atoms with E-state index in [1.54, 1.807) is 0 Å². The third kappa shape index (κ3) is 3.96. The highest BCUT2D eigenvalue weighted by Gasteiger charge is 2.11. The van der Waals surface area contributed by atoms with Gasteiger partial charge < -0.3 is 9.73 Å². The number of anilines is 1. The number of aromatic nitrogens is 1. The van der Waals surface area contributed by atoms with E-state index in [4.69, 9.17) is 4.42 Å². The van der Waals surface area contributed by atoms with Crippen molar-refractivity contribution < 1.29 is 9.21 Å². The summed E-state index contributed by atoms with van der Waals surface area (Å²) in [5.74, 6) is 0.578. The Balaban J connectivity index is 1.46. The summed E-state index contributed by atoms with van der Waals surface area (Å²) >= 11 is 0. The molecule has 1 amide bonds. The van der Waals surface area contributed by atoms with Crippen LogP contribution in [0, 0.1) is 13.8 Å². The van der Waals surface area contributed by atoms with Crippen molar-refractivity contribution in [1.82, 2.24) is 4.98 Å². The van der Waals surface area contributed by atoms with Crippen molar-refractivity contribution in [3.05, 3.63) is 83.4 Å². The molecule has 0 bridgehead atoms. The smallest absolute Gasteiger partial charge is 0.227 e. The molecule has 140 valence electrons. The highest BCUT2D eigenvalue weighted by atomic mass is 16.3. The number of hydrogen-bond acceptors (Lipinski definition) is 3. The van der Waals surface area contributed by atoms with E-state index in [-0.39, 0.29) is 5.91 Å². The molecule has 0 aliphatic carbocycles. The van der Waals surface area contributed by atoms with Gasteiger partial charge in [-0.05, 0) is 49.6 Å². The van der Waals surface area contributed by atoms with Gasteiger partial charge in [-0.15, -0.1) is 0 Å². The zero-order valence-corrected chi connectivity index (χ0v) is 16.0. The topological polar surface area (TPSA) is 55.1 Å². The van der Waals surface area contributed by atoms with Crippen LogP contribution in [-0.2, 0) is 11.2 Å². The summed E-state index contributed by atoms with van der Waals surface area (Å²) in [7, 11) is 0. The molecule has 1 heterocycles. The van der Waals surface area contributed by atoms with Crippen LogP contribution in [0.15, 0.2) is 71.1 Å². The standard InChI is InChI=1S/C24H22N2O2/c1-16-7-9-18(10-8-16)11-14-23(27)25-19-12-13-21-22(15-19)28-24(26-21)20-6-4-3-5-17(20)2/h3-10,12-13,15H,11,14H2,1-2H3,(H,25,27). The fourth-order valence-corrected chi connectivity index (χ4v) is 3.17. The van der Waals surface area contributed by atoms with Crippen LogP contribution >= 0.6 is 0 Å². The van der Waals surface area contributed by atoms with E-state index in [0.29, 0.717) is 30.0 Å². The van der Waals surface area contributed by atoms with Crippen LogP contribution in [0.4, 0.5) is 5.69 Å². The largest absolute Gasteiger partial charge is 0.436 e. The van der Waals surface area contributed by atoms with Gasteiger partial charge in [-0.25, -0.2) is 4.98 Å². The molecule has 0 saturated heterocycles. The van der Waals surface area contributed by atoms with Gasteiger partial charge in [-0.1, -0.05) is 48.0 Å². The number of benzene rings is 3. The van der Waals surface area contributed by atoms with E-state index in [0.717, 1.165) is 22.2 Å². The molecule has 4 aromatic rings. The molecule has 0 aliphatic rings. The van der Waals surface area contributed by atoms with Crippen LogP contribution in [0.3, 0.4) is 0 Å². The number of carbonyl (C=O) groups excluding carboxylic acids is 1. The van der Waals surface area contributed by atoms with Gasteiger partial charge in [0.25, 0.3) is 0 Å². The molecule has 0 atom stereocenters. The Hall–Kier alpha value is -3.40. The Morgan fingerprint density at radius 3 is 2.57 bits per heavy atom. The third-order valence-corrected chi connectivity index (χ3v) is 4.81. The molecule has 1 aromatic heterocycles. The van der Waals surface area contributed by atoms with Gasteiger partial charge in [0.1, 0.15) is 5.52 Å². The summed E-state index contributed by atoms with van der Waals surface area (Å²) in [6, 6.07) is 21.8. The predicted octanol–water partition coefficient (Wildman–Crippen LogP) is 5.68. The van der Waals surface area contributed by atoms with E-state index in [1.807, 2.05) is 49.4 Å². The summed E-state index contributed by atoms with van der Waals surface area (Å²) in [6.07, 6.45) is 1.15. The summed E-state index contributed by atoms with van der Waals surface area (Å²) in [4.78, 5) is 16.9. The minimum absolute atomic E-state index is 0.0152. The van der Waals surface area contributed by atoms with Gasteiger partial charge in [0, 0.05) is 23.7 Å². The molecule has 0 saturated carbocycles. The van der Waals surface area contributed by atoms with Crippen molar-refractivity contribution in [1.29, 1.82) is 0 Å². The van der Waals surface area contributed by atoms with Crippen molar-refractivity contribution in [3.8, 4) is 11.5 Å². The number of rotatable bonds is 5. The molecule has 0 spiro atoms. The summed E-state index contributed by atoms with van der Waals surface area (Å²) < 4.78 is 5.94. The van der Waals surface area contributed by atoms with Gasteiger partial charge in [-0.3, -0.25) is 4.79 Å². The minimum Gasteiger partial charge on any atom is -0.436 e. The lowest BCUT2D eigenvalue weighted by Crippen LogP contribution is -2.12. The van der Waals surface area contributed by atoms with Crippen LogP contribution in [0.25, 0.3) is 22.6 Å². The molecule has 0 fully saturated rings. The fourth-order valence-electron chi connectivity index (χ4n) is 3.17. The number of aryl methyl sites for hydroxylation is 3. The highest BCUT2D eigenvalue weighted by molar-refractivity contribution is 5.93. The molecule has 0 unspecified atom stereocenters. The lowest BCUT2D eigenvalue weighted by atomic mass is 10.1. The van der Waals surface area contributed by atoms with Crippen LogP contribution in [0.1, 0.15) is 23.1 Å². The first-order valence-corrected chi connectivity index (χ1v) is 9.40. The fraction of sp³-hybridized carbons (Fsp3) is 0.167. The lowest BCUT2D eigenvalue weighted by molar-refractivity contribution is -0.116. The molecule has 4 nitrogen and oxygen atoms in total. The van der Waals surface area contributed by atoms with Gasteiger partial charge in [-0.2, -0.15) is 0 Å². The average molecular weight is 370 g/mol. The molecule has 4 heteroatoms. The van der Waals surface area contributed by atoms with Crippen molar-refractivity contribution in [2.75, 3.05) is 5.32 Å². The first-order chi connectivity index (χ1) is 13.6. The molecule has 3 aromatic carbocycles. The Kier molecular flexibility index (Phi) is 4.94. The summed E-state index contributed by atoms with van der Waals surface area (Å²) in [6.45, 7) is 4.09. The number of hydrogen-bond donors (Lipinski definition) is 1. The highest BCUT2D eigenvalue weighted by Crippen LogP contribution is 2.28. The zero-order valence-electron chi connectivity index (χ0n) is 16.0. The Labute approximate surface area is 164 Å². The van der Waals surface area contributed by atoms with E-state index < -0.39 is 0 Å². The van der Waals surface area contributed by atoms with Crippen molar-refractivity contribution >= 4 is 22.7 Å². The van der Waals surface area contributed by atoms with Crippen LogP contribution in [-0.4, -0.2) is 10.9 Å². The maximum Gasteiger partial charge on any atom is 0.227 e. The van der Waals surface area contributed by atoms with Crippen molar-refractivity contribution in [3.63, 3.8) is 0 Å². The molecule has 1 N–H and O–H groups in total. The molecule has 0 radical (unpaired) electrons. The Morgan fingerprint density at radius 2 is 1.79 bits per heavy atom. The number of oxazole rings is 1. The number of carbonyl (C=O) groups is 1. The first-order valence-electron chi connectivity index (χ1n) is 9.40. The maximum atomic E-state index is 12.3. The van der Waals surface area contributed by atoms with Gasteiger partial charge >= 0.3 is 0 Å². The number of fused-ring (bicyclic) bond motifs is 1. The van der Waals surface area contributed by atoms with E-state index in [1.165, 1.54) is 5.56 Å². The molecule has 28 heavy (non-hydrogen) atoms. The monoisotopic (exact) mass is 370 g/mol. The molecule has 4 rings (SSSR count). The van der Waals surface area contributed by atoms with Crippen molar-refractivity contribution in [2.24, 2.45) is 0 Å². The quantitative estimate of drug-likeness (QED) is 0.491. The first kappa shape index (κ1) is 18.0. The molecular weight excluding hydrogens is 348 g/mol. The normalized spacial score (nSPS) is 10.9. The summed E-state index contributed by atoms with van der Waals surface area (Å²) in [5, 5.41) is 2.95. The lowest BCUT2D eigenvalue weighted by Gasteiger charge is -2.05. The number of amides is 1. The second-order valence-electron chi connectivity index (χ2n) is 7.05. The molecular formula is C24H22N2O2. The van der Waals surface area contributed by atoms with Crippen molar-refractivity contribution in [2.45, 2.75) is 26.7 Å². The number of nitrogens with one attached hydrogen (secondary N) is 1.